The van der Waals surface area contributed by atoms with Crippen LogP contribution in [0.2, 0.25) is 10.0 Å². The van der Waals surface area contributed by atoms with E-state index in [-0.39, 0.29) is 6.03 Å². The third-order valence-corrected chi connectivity index (χ3v) is 5.32. The maximum atomic E-state index is 13.0. The Hall–Kier alpha value is -2.14. The number of anilines is 3. The number of nitrogens with one attached hydrogen (secondary N) is 1. The minimum absolute atomic E-state index is 0.265. The Morgan fingerprint density at radius 2 is 1.36 bits per heavy atom. The Morgan fingerprint density at radius 3 is 1.92 bits per heavy atom. The van der Waals surface area contributed by atoms with Gasteiger partial charge in [-0.25, -0.2) is 4.79 Å². The lowest BCUT2D eigenvalue weighted by atomic mass is 10.2. The third-order valence-electron chi connectivity index (χ3n) is 3.75. The van der Waals surface area contributed by atoms with Gasteiger partial charge in [0.2, 0.25) is 0 Å². The van der Waals surface area contributed by atoms with Crippen LogP contribution < -0.4 is 10.2 Å². The zero-order chi connectivity index (χ0) is 17.4. The lowest BCUT2D eigenvalue weighted by Crippen LogP contribution is -2.32. The summed E-state index contributed by atoms with van der Waals surface area (Å²) in [6.07, 6.45) is 0. The van der Waals surface area contributed by atoms with Gasteiger partial charge in [-0.15, -0.1) is 0 Å². The number of urea groups is 1. The quantitative estimate of drug-likeness (QED) is 0.496. The fourth-order valence-electron chi connectivity index (χ4n) is 2.73. The normalized spacial score (nSPS) is 12.3. The minimum atomic E-state index is -0.265. The van der Waals surface area contributed by atoms with Crippen molar-refractivity contribution in [3.63, 3.8) is 0 Å². The molecule has 3 aromatic rings. The van der Waals surface area contributed by atoms with E-state index in [0.717, 1.165) is 21.2 Å². The molecule has 0 unspecified atom stereocenters. The summed E-state index contributed by atoms with van der Waals surface area (Å²) in [6.45, 7) is 0. The van der Waals surface area contributed by atoms with Gasteiger partial charge in [-0.3, -0.25) is 4.90 Å². The molecule has 2 amide bonds. The van der Waals surface area contributed by atoms with Crippen molar-refractivity contribution in [3.8, 4) is 0 Å². The zero-order valence-electron chi connectivity index (χ0n) is 12.9. The van der Waals surface area contributed by atoms with Crippen LogP contribution in [0.5, 0.6) is 0 Å². The van der Waals surface area contributed by atoms with Gasteiger partial charge in [-0.1, -0.05) is 59.2 Å². The third kappa shape index (κ3) is 3.21. The summed E-state index contributed by atoms with van der Waals surface area (Å²) < 4.78 is 0. The standard InChI is InChI=1S/C19H12Cl2N2OS/c20-12-9-13(21)11-14(10-12)22-19(24)23-15-5-1-3-7-17(15)25-18-8-4-2-6-16(18)23/h1-11H,(H,22,24). The molecule has 3 nitrogen and oxygen atoms in total. The van der Waals surface area contributed by atoms with Gasteiger partial charge in [-0.05, 0) is 42.5 Å². The highest BCUT2D eigenvalue weighted by atomic mass is 35.5. The first kappa shape index (κ1) is 16.3. The Bertz CT molecular complexity index is 911. The highest BCUT2D eigenvalue weighted by molar-refractivity contribution is 7.99. The lowest BCUT2D eigenvalue weighted by molar-refractivity contribution is 0.259. The van der Waals surface area contributed by atoms with E-state index in [1.165, 1.54) is 0 Å². The molecule has 1 aliphatic heterocycles. The Kier molecular flexibility index (Phi) is 4.34. The van der Waals surface area contributed by atoms with E-state index >= 15 is 0 Å². The fraction of sp³-hybridized carbons (Fsp3) is 0. The second-order valence-electron chi connectivity index (χ2n) is 5.46. The second kappa shape index (κ2) is 6.64. The molecule has 3 aromatic carbocycles. The maximum Gasteiger partial charge on any atom is 0.331 e. The van der Waals surface area contributed by atoms with Crippen molar-refractivity contribution in [2.45, 2.75) is 9.79 Å². The Morgan fingerprint density at radius 1 is 0.840 bits per heavy atom. The predicted octanol–water partition coefficient (Wildman–Crippen LogP) is 6.83. The first-order valence-electron chi connectivity index (χ1n) is 7.55. The maximum absolute atomic E-state index is 13.0. The zero-order valence-corrected chi connectivity index (χ0v) is 15.2. The summed E-state index contributed by atoms with van der Waals surface area (Å²) in [7, 11) is 0. The van der Waals surface area contributed by atoms with E-state index in [0.29, 0.717) is 15.7 Å². The molecule has 4 rings (SSSR count). The first-order chi connectivity index (χ1) is 12.1. The molecule has 0 aliphatic carbocycles. The van der Waals surface area contributed by atoms with E-state index < -0.39 is 0 Å². The van der Waals surface area contributed by atoms with Gasteiger partial charge in [0.25, 0.3) is 0 Å². The molecule has 1 aliphatic rings. The number of para-hydroxylation sites is 2. The minimum Gasteiger partial charge on any atom is -0.307 e. The van der Waals surface area contributed by atoms with Gasteiger partial charge in [0, 0.05) is 25.5 Å². The SMILES string of the molecule is O=C(Nc1cc(Cl)cc(Cl)c1)N1c2ccccc2Sc2ccccc21. The summed E-state index contributed by atoms with van der Waals surface area (Å²) in [5.41, 5.74) is 2.24. The van der Waals surface area contributed by atoms with Crippen molar-refractivity contribution in [2.75, 3.05) is 10.2 Å². The number of nitrogens with zero attached hydrogens (tertiary/aromatic N) is 1. The molecule has 0 fully saturated rings. The summed E-state index contributed by atoms with van der Waals surface area (Å²) in [4.78, 5) is 16.8. The molecular weight excluding hydrogens is 375 g/mol. The second-order valence-corrected chi connectivity index (χ2v) is 7.42. The van der Waals surface area contributed by atoms with Crippen molar-refractivity contribution < 1.29 is 4.79 Å². The molecule has 6 heteroatoms. The molecule has 0 aromatic heterocycles. The van der Waals surface area contributed by atoms with Crippen molar-refractivity contribution in [1.82, 2.24) is 0 Å². The molecule has 0 radical (unpaired) electrons. The van der Waals surface area contributed by atoms with Crippen LogP contribution in [0.3, 0.4) is 0 Å². The van der Waals surface area contributed by atoms with Crippen molar-refractivity contribution in [3.05, 3.63) is 76.8 Å². The number of carbonyl (C=O) groups is 1. The molecule has 1 heterocycles. The van der Waals surface area contributed by atoms with E-state index in [1.807, 2.05) is 48.5 Å². The molecule has 0 saturated heterocycles. The number of halogens is 2. The van der Waals surface area contributed by atoms with E-state index in [9.17, 15) is 4.79 Å². The number of rotatable bonds is 1. The summed E-state index contributed by atoms with van der Waals surface area (Å²) in [6, 6.07) is 20.3. The van der Waals surface area contributed by atoms with Crippen LogP contribution >= 0.6 is 35.0 Å². The monoisotopic (exact) mass is 386 g/mol. The van der Waals surface area contributed by atoms with E-state index in [4.69, 9.17) is 23.2 Å². The van der Waals surface area contributed by atoms with Crippen LogP contribution in [0.15, 0.2) is 76.5 Å². The van der Waals surface area contributed by atoms with Crippen LogP contribution in [0, 0.1) is 0 Å². The summed E-state index contributed by atoms with van der Waals surface area (Å²) in [5, 5.41) is 3.82. The molecule has 1 N–H and O–H groups in total. The highest BCUT2D eigenvalue weighted by Gasteiger charge is 2.27. The van der Waals surface area contributed by atoms with Crippen molar-refractivity contribution in [2.24, 2.45) is 0 Å². The van der Waals surface area contributed by atoms with Crippen LogP contribution in [0.25, 0.3) is 0 Å². The topological polar surface area (TPSA) is 32.3 Å². The fourth-order valence-corrected chi connectivity index (χ4v) is 4.31. The number of fused-ring (bicyclic) bond motifs is 2. The van der Waals surface area contributed by atoms with E-state index in [2.05, 4.69) is 5.32 Å². The van der Waals surface area contributed by atoms with Crippen LogP contribution in [-0.4, -0.2) is 6.03 Å². The molecule has 0 bridgehead atoms. The molecule has 25 heavy (non-hydrogen) atoms. The van der Waals surface area contributed by atoms with Crippen LogP contribution in [-0.2, 0) is 0 Å². The van der Waals surface area contributed by atoms with Crippen molar-refractivity contribution >= 4 is 58.1 Å². The van der Waals surface area contributed by atoms with Gasteiger partial charge in [0.1, 0.15) is 0 Å². The lowest BCUT2D eigenvalue weighted by Gasteiger charge is -2.31. The first-order valence-corrected chi connectivity index (χ1v) is 9.12. The van der Waals surface area contributed by atoms with Gasteiger partial charge < -0.3 is 5.32 Å². The van der Waals surface area contributed by atoms with Gasteiger partial charge in [0.15, 0.2) is 0 Å². The number of hydrogen-bond acceptors (Lipinski definition) is 2. The number of benzene rings is 3. The van der Waals surface area contributed by atoms with Gasteiger partial charge >= 0.3 is 6.03 Å². The van der Waals surface area contributed by atoms with Gasteiger partial charge in [-0.2, -0.15) is 0 Å². The molecule has 124 valence electrons. The Balaban J connectivity index is 1.75. The predicted molar refractivity (Wildman–Crippen MR) is 105 cm³/mol. The van der Waals surface area contributed by atoms with Crippen LogP contribution in [0.1, 0.15) is 0 Å². The molecular formula is C19H12Cl2N2OS. The highest BCUT2D eigenvalue weighted by Crippen LogP contribution is 2.48. The van der Waals surface area contributed by atoms with E-state index in [1.54, 1.807) is 34.9 Å². The van der Waals surface area contributed by atoms with Crippen LogP contribution in [0.4, 0.5) is 21.9 Å². The Labute approximate surface area is 159 Å². The number of amides is 2. The summed E-state index contributed by atoms with van der Waals surface area (Å²) in [5.74, 6) is 0. The average Bonchev–Trinajstić information content (AvgIpc) is 2.58. The summed E-state index contributed by atoms with van der Waals surface area (Å²) >= 11 is 13.7. The largest absolute Gasteiger partial charge is 0.331 e. The number of carbonyl (C=O) groups excluding carboxylic acids is 1. The molecule has 0 atom stereocenters. The van der Waals surface area contributed by atoms with Crippen molar-refractivity contribution in [1.29, 1.82) is 0 Å². The smallest absolute Gasteiger partial charge is 0.307 e. The van der Waals surface area contributed by atoms with Gasteiger partial charge in [0.05, 0.1) is 11.4 Å². The number of hydrogen-bond donors (Lipinski definition) is 1. The molecule has 0 saturated carbocycles. The molecule has 0 spiro atoms. The average molecular weight is 387 g/mol.